The van der Waals surface area contributed by atoms with Crippen LogP contribution in [0.15, 0.2) is 30.3 Å². The van der Waals surface area contributed by atoms with Crippen molar-refractivity contribution in [2.24, 2.45) is 0 Å². The van der Waals surface area contributed by atoms with Gasteiger partial charge in [0.05, 0.1) is 11.7 Å². The number of benzene rings is 1. The zero-order valence-electron chi connectivity index (χ0n) is 11.8. The van der Waals surface area contributed by atoms with Crippen LogP contribution in [0.3, 0.4) is 0 Å². The molecule has 2 saturated heterocycles. The Kier molecular flexibility index (Phi) is 4.08. The lowest BCUT2D eigenvalue weighted by atomic mass is 9.85. The number of hydrogen-bond donors (Lipinski definition) is 3. The van der Waals surface area contributed by atoms with Crippen LogP contribution in [-0.4, -0.2) is 59.0 Å². The van der Waals surface area contributed by atoms with Crippen molar-refractivity contribution in [2.75, 3.05) is 26.2 Å². The van der Waals surface area contributed by atoms with Crippen LogP contribution in [-0.2, 0) is 6.42 Å². The molecule has 2 aliphatic heterocycles. The predicted molar refractivity (Wildman–Crippen MR) is 78.6 cm³/mol. The van der Waals surface area contributed by atoms with Crippen molar-refractivity contribution < 1.29 is 10.2 Å². The topological polar surface area (TPSA) is 55.7 Å². The number of rotatable bonds is 3. The van der Waals surface area contributed by atoms with E-state index in [4.69, 9.17) is 0 Å². The van der Waals surface area contributed by atoms with Gasteiger partial charge in [-0.05, 0) is 18.4 Å². The standard InChI is InChI=1S/C16H24N2O2/c19-15-12-17-11-14(15)18-8-6-16(20,7-9-18)10-13-4-2-1-3-5-13/h1-5,14-15,17,19-20H,6-12H2/t14-,15?/m0/s1. The van der Waals surface area contributed by atoms with Crippen LogP contribution in [0.25, 0.3) is 0 Å². The van der Waals surface area contributed by atoms with Gasteiger partial charge in [0.2, 0.25) is 0 Å². The van der Waals surface area contributed by atoms with Gasteiger partial charge < -0.3 is 15.5 Å². The zero-order chi connectivity index (χ0) is 14.0. The molecule has 1 aromatic carbocycles. The molecule has 0 radical (unpaired) electrons. The Morgan fingerprint density at radius 1 is 1.15 bits per heavy atom. The summed E-state index contributed by atoms with van der Waals surface area (Å²) in [6.07, 6.45) is 2.03. The van der Waals surface area contributed by atoms with Gasteiger partial charge in [0, 0.05) is 38.6 Å². The maximum absolute atomic E-state index is 10.7. The highest BCUT2D eigenvalue weighted by Gasteiger charge is 2.37. The van der Waals surface area contributed by atoms with Crippen molar-refractivity contribution in [2.45, 2.75) is 37.0 Å². The molecule has 0 aliphatic carbocycles. The summed E-state index contributed by atoms with van der Waals surface area (Å²) in [5.74, 6) is 0. The van der Waals surface area contributed by atoms with E-state index in [9.17, 15) is 10.2 Å². The molecule has 1 unspecified atom stereocenters. The summed E-state index contributed by atoms with van der Waals surface area (Å²) in [5.41, 5.74) is 0.612. The number of nitrogens with zero attached hydrogens (tertiary/aromatic N) is 1. The van der Waals surface area contributed by atoms with Crippen molar-refractivity contribution >= 4 is 0 Å². The lowest BCUT2D eigenvalue weighted by Crippen LogP contribution is -2.52. The van der Waals surface area contributed by atoms with E-state index in [0.29, 0.717) is 6.54 Å². The predicted octanol–water partition coefficient (Wildman–Crippen LogP) is 0.389. The Morgan fingerprint density at radius 2 is 1.85 bits per heavy atom. The molecular weight excluding hydrogens is 252 g/mol. The van der Waals surface area contributed by atoms with E-state index in [2.05, 4.69) is 22.3 Å². The summed E-state index contributed by atoms with van der Waals surface area (Å²) in [7, 11) is 0. The summed E-state index contributed by atoms with van der Waals surface area (Å²) >= 11 is 0. The first-order valence-electron chi connectivity index (χ1n) is 7.55. The SMILES string of the molecule is OC1CNC[C@@H]1N1CCC(O)(Cc2ccccc2)CC1. The zero-order valence-corrected chi connectivity index (χ0v) is 11.8. The summed E-state index contributed by atoms with van der Waals surface area (Å²) in [5, 5.41) is 23.9. The molecule has 20 heavy (non-hydrogen) atoms. The summed E-state index contributed by atoms with van der Waals surface area (Å²) in [4.78, 5) is 2.32. The van der Waals surface area contributed by atoms with Gasteiger partial charge in [-0.15, -0.1) is 0 Å². The number of piperidine rings is 1. The Hall–Kier alpha value is -0.940. The molecule has 110 valence electrons. The monoisotopic (exact) mass is 276 g/mol. The fourth-order valence-corrected chi connectivity index (χ4v) is 3.45. The molecule has 3 N–H and O–H groups in total. The van der Waals surface area contributed by atoms with Crippen LogP contribution < -0.4 is 5.32 Å². The number of β-amino-alcohol motifs (C(OH)–C–C–N with tert-alkyl or cyclic N) is 1. The van der Waals surface area contributed by atoms with Crippen molar-refractivity contribution in [1.82, 2.24) is 10.2 Å². The van der Waals surface area contributed by atoms with Gasteiger partial charge in [0.15, 0.2) is 0 Å². The molecule has 0 spiro atoms. The quantitative estimate of drug-likeness (QED) is 0.747. The fourth-order valence-electron chi connectivity index (χ4n) is 3.45. The number of likely N-dealkylation sites (tertiary alicyclic amines) is 1. The third-order valence-corrected chi connectivity index (χ3v) is 4.72. The molecule has 0 amide bonds. The number of aliphatic hydroxyl groups is 2. The van der Waals surface area contributed by atoms with Crippen LogP contribution in [0.4, 0.5) is 0 Å². The fraction of sp³-hybridized carbons (Fsp3) is 0.625. The van der Waals surface area contributed by atoms with Crippen LogP contribution in [0.1, 0.15) is 18.4 Å². The van der Waals surface area contributed by atoms with Crippen LogP contribution in [0.2, 0.25) is 0 Å². The van der Waals surface area contributed by atoms with Crippen molar-refractivity contribution in [3.8, 4) is 0 Å². The molecule has 2 atom stereocenters. The van der Waals surface area contributed by atoms with Gasteiger partial charge >= 0.3 is 0 Å². The highest BCUT2D eigenvalue weighted by atomic mass is 16.3. The Labute approximate surface area is 120 Å². The lowest BCUT2D eigenvalue weighted by Gasteiger charge is -2.41. The Balaban J connectivity index is 1.57. The van der Waals surface area contributed by atoms with E-state index in [1.165, 1.54) is 5.56 Å². The van der Waals surface area contributed by atoms with E-state index in [-0.39, 0.29) is 12.1 Å². The van der Waals surface area contributed by atoms with Crippen molar-refractivity contribution in [3.63, 3.8) is 0 Å². The first-order chi connectivity index (χ1) is 9.66. The van der Waals surface area contributed by atoms with E-state index >= 15 is 0 Å². The molecule has 0 saturated carbocycles. The maximum Gasteiger partial charge on any atom is 0.0831 e. The average Bonchev–Trinajstić information content (AvgIpc) is 2.87. The van der Waals surface area contributed by atoms with Gasteiger partial charge in [-0.1, -0.05) is 30.3 Å². The number of nitrogens with one attached hydrogen (secondary N) is 1. The number of aliphatic hydroxyl groups excluding tert-OH is 1. The Morgan fingerprint density at radius 3 is 2.45 bits per heavy atom. The summed E-state index contributed by atoms with van der Waals surface area (Å²) < 4.78 is 0. The average molecular weight is 276 g/mol. The second-order valence-corrected chi connectivity index (χ2v) is 6.22. The highest BCUT2D eigenvalue weighted by Crippen LogP contribution is 2.28. The third kappa shape index (κ3) is 3.04. The van der Waals surface area contributed by atoms with Gasteiger partial charge in [-0.3, -0.25) is 4.90 Å². The number of hydrogen-bond acceptors (Lipinski definition) is 4. The molecule has 2 heterocycles. The minimum Gasteiger partial charge on any atom is -0.390 e. The molecule has 4 nitrogen and oxygen atoms in total. The first kappa shape index (κ1) is 14.0. The molecular formula is C16H24N2O2. The second-order valence-electron chi connectivity index (χ2n) is 6.22. The van der Waals surface area contributed by atoms with Crippen molar-refractivity contribution in [1.29, 1.82) is 0 Å². The summed E-state index contributed by atoms with van der Waals surface area (Å²) in [6.45, 7) is 3.28. The molecule has 4 heteroatoms. The second kappa shape index (κ2) is 5.82. The largest absolute Gasteiger partial charge is 0.390 e. The minimum atomic E-state index is -0.588. The molecule has 0 aromatic heterocycles. The van der Waals surface area contributed by atoms with Gasteiger partial charge in [-0.2, -0.15) is 0 Å². The minimum absolute atomic E-state index is 0.219. The first-order valence-corrected chi connectivity index (χ1v) is 7.55. The normalized spacial score (nSPS) is 30.5. The van der Waals surface area contributed by atoms with E-state index in [0.717, 1.165) is 38.9 Å². The molecule has 3 rings (SSSR count). The molecule has 0 bridgehead atoms. The van der Waals surface area contributed by atoms with E-state index in [1.54, 1.807) is 0 Å². The maximum atomic E-state index is 10.7. The van der Waals surface area contributed by atoms with Crippen LogP contribution in [0.5, 0.6) is 0 Å². The van der Waals surface area contributed by atoms with E-state index < -0.39 is 5.60 Å². The van der Waals surface area contributed by atoms with Crippen LogP contribution >= 0.6 is 0 Å². The summed E-state index contributed by atoms with van der Waals surface area (Å²) in [6, 6.07) is 10.4. The van der Waals surface area contributed by atoms with Gasteiger partial charge in [0.25, 0.3) is 0 Å². The Bertz CT molecular complexity index is 429. The van der Waals surface area contributed by atoms with Gasteiger partial charge in [-0.25, -0.2) is 0 Å². The van der Waals surface area contributed by atoms with Crippen molar-refractivity contribution in [3.05, 3.63) is 35.9 Å². The molecule has 2 fully saturated rings. The highest BCUT2D eigenvalue weighted by molar-refractivity contribution is 5.17. The lowest BCUT2D eigenvalue weighted by molar-refractivity contribution is -0.0403. The molecule has 2 aliphatic rings. The third-order valence-electron chi connectivity index (χ3n) is 4.72. The smallest absolute Gasteiger partial charge is 0.0831 e. The van der Waals surface area contributed by atoms with E-state index in [1.807, 2.05) is 18.2 Å². The van der Waals surface area contributed by atoms with Crippen LogP contribution in [0, 0.1) is 0 Å². The van der Waals surface area contributed by atoms with Gasteiger partial charge in [0.1, 0.15) is 0 Å². The molecule has 1 aromatic rings.